The molecule has 33 heavy (non-hydrogen) atoms. The highest BCUT2D eigenvalue weighted by atomic mass is 35.5. The Hall–Kier alpha value is -2.09. The maximum Gasteiger partial charge on any atom is 0.257 e. The molecule has 7 nitrogen and oxygen atoms in total. The van der Waals surface area contributed by atoms with Crippen LogP contribution < -0.4 is 0 Å². The van der Waals surface area contributed by atoms with Crippen molar-refractivity contribution in [2.45, 2.75) is 38.0 Å². The van der Waals surface area contributed by atoms with Crippen LogP contribution in [0.25, 0.3) is 5.69 Å². The molecule has 2 amide bonds. The van der Waals surface area contributed by atoms with Crippen LogP contribution in [0, 0.1) is 0 Å². The average molecular weight is 490 g/mol. The number of likely N-dealkylation sites (tertiary alicyclic amines) is 1. The summed E-state index contributed by atoms with van der Waals surface area (Å²) in [4.78, 5) is 32.1. The second-order valence-corrected chi connectivity index (χ2v) is 10.1. The molecule has 0 bridgehead atoms. The van der Waals surface area contributed by atoms with Crippen LogP contribution in [-0.2, 0) is 4.79 Å². The van der Waals surface area contributed by atoms with E-state index in [0.29, 0.717) is 54.3 Å². The van der Waals surface area contributed by atoms with E-state index in [9.17, 15) is 9.59 Å². The number of piperazine rings is 1. The van der Waals surface area contributed by atoms with E-state index in [-0.39, 0.29) is 11.8 Å². The molecule has 1 aromatic heterocycles. The molecular weight excluding hydrogens is 461 g/mol. The molecule has 5 rings (SSSR count). The van der Waals surface area contributed by atoms with Crippen molar-refractivity contribution >= 4 is 35.0 Å². The van der Waals surface area contributed by atoms with Crippen LogP contribution in [0.15, 0.2) is 24.4 Å². The lowest BCUT2D eigenvalue weighted by atomic mass is 10.1. The van der Waals surface area contributed by atoms with E-state index >= 15 is 0 Å². The third-order valence-electron chi connectivity index (χ3n) is 6.87. The van der Waals surface area contributed by atoms with Gasteiger partial charge in [0.1, 0.15) is 0 Å². The van der Waals surface area contributed by atoms with Crippen molar-refractivity contribution in [3.05, 3.63) is 45.7 Å². The minimum atomic E-state index is 0.00948. The van der Waals surface area contributed by atoms with Gasteiger partial charge in [0.2, 0.25) is 5.91 Å². The first-order valence-electron chi connectivity index (χ1n) is 11.8. The Morgan fingerprint density at radius 2 is 1.67 bits per heavy atom. The summed E-state index contributed by atoms with van der Waals surface area (Å²) < 4.78 is 1.80. The maximum absolute atomic E-state index is 13.4. The van der Waals surface area contributed by atoms with E-state index < -0.39 is 0 Å². The highest BCUT2D eigenvalue weighted by molar-refractivity contribution is 6.35. The van der Waals surface area contributed by atoms with Crippen molar-refractivity contribution in [3.63, 3.8) is 0 Å². The smallest absolute Gasteiger partial charge is 0.257 e. The summed E-state index contributed by atoms with van der Waals surface area (Å²) in [7, 11) is 0. The number of rotatable bonds is 5. The van der Waals surface area contributed by atoms with Gasteiger partial charge in [0.25, 0.3) is 5.91 Å². The molecule has 2 aliphatic heterocycles. The van der Waals surface area contributed by atoms with Gasteiger partial charge in [0, 0.05) is 50.2 Å². The van der Waals surface area contributed by atoms with E-state index in [1.165, 1.54) is 6.42 Å². The zero-order chi connectivity index (χ0) is 22.9. The predicted octanol–water partition coefficient (Wildman–Crippen LogP) is 3.83. The fourth-order valence-corrected chi connectivity index (χ4v) is 5.32. The summed E-state index contributed by atoms with van der Waals surface area (Å²) in [5.41, 5.74) is 2.33. The molecule has 2 saturated heterocycles. The normalized spacial score (nSPS) is 19.7. The summed E-state index contributed by atoms with van der Waals surface area (Å²) in [6.45, 7) is 4.85. The van der Waals surface area contributed by atoms with Gasteiger partial charge in [0.05, 0.1) is 34.7 Å². The van der Waals surface area contributed by atoms with Gasteiger partial charge in [-0.2, -0.15) is 5.10 Å². The minimum Gasteiger partial charge on any atom is -0.342 e. The number of hydrogen-bond donors (Lipinski definition) is 0. The highest BCUT2D eigenvalue weighted by Gasteiger charge is 2.35. The lowest BCUT2D eigenvalue weighted by Gasteiger charge is -2.36. The van der Waals surface area contributed by atoms with Gasteiger partial charge in [-0.1, -0.05) is 23.2 Å². The third kappa shape index (κ3) is 4.91. The molecular formula is C24H29Cl2N5O2. The lowest BCUT2D eigenvalue weighted by molar-refractivity contribution is -0.133. The lowest BCUT2D eigenvalue weighted by Crippen LogP contribution is -2.52. The molecule has 0 atom stereocenters. The molecule has 0 spiro atoms. The number of nitrogens with zero attached hydrogens (tertiary/aromatic N) is 5. The van der Waals surface area contributed by atoms with Gasteiger partial charge in [-0.15, -0.1) is 0 Å². The summed E-state index contributed by atoms with van der Waals surface area (Å²) in [5.74, 6) is 0.545. The van der Waals surface area contributed by atoms with Crippen molar-refractivity contribution < 1.29 is 9.59 Å². The van der Waals surface area contributed by atoms with Crippen LogP contribution in [0.5, 0.6) is 0 Å². The number of amides is 2. The summed E-state index contributed by atoms with van der Waals surface area (Å²) in [6.07, 6.45) is 7.19. The van der Waals surface area contributed by atoms with Crippen LogP contribution >= 0.6 is 23.2 Å². The molecule has 3 fully saturated rings. The van der Waals surface area contributed by atoms with Crippen LogP contribution in [0.3, 0.4) is 0 Å². The molecule has 1 aromatic carbocycles. The molecule has 3 heterocycles. The van der Waals surface area contributed by atoms with Gasteiger partial charge in [-0.25, -0.2) is 4.68 Å². The van der Waals surface area contributed by atoms with E-state index in [2.05, 4.69) is 10.00 Å². The molecule has 0 N–H and O–H groups in total. The van der Waals surface area contributed by atoms with Crippen LogP contribution in [0.4, 0.5) is 0 Å². The Morgan fingerprint density at radius 3 is 2.33 bits per heavy atom. The van der Waals surface area contributed by atoms with Gasteiger partial charge < -0.3 is 9.80 Å². The fourth-order valence-electron chi connectivity index (χ4n) is 4.83. The standard InChI is InChI=1S/C24H29Cl2N5O2/c25-18-6-7-21(20(26)14-18)31-23(17-4-5-17)19(15-27-31)24(33)30-12-10-28(11-13-30)16-22(32)29-8-2-1-3-9-29/h6-7,14-15,17H,1-5,8-13,16H2. The Balaban J connectivity index is 1.26. The summed E-state index contributed by atoms with van der Waals surface area (Å²) in [6, 6.07) is 5.33. The van der Waals surface area contributed by atoms with Gasteiger partial charge in [0.15, 0.2) is 0 Å². The Labute approximate surface area is 204 Å². The molecule has 9 heteroatoms. The van der Waals surface area contributed by atoms with Gasteiger partial charge >= 0.3 is 0 Å². The number of piperidine rings is 1. The maximum atomic E-state index is 13.4. The zero-order valence-corrected chi connectivity index (χ0v) is 20.2. The Bertz CT molecular complexity index is 1040. The first kappa shape index (κ1) is 22.7. The van der Waals surface area contributed by atoms with Gasteiger partial charge in [-0.05, 0) is 50.3 Å². The fraction of sp³-hybridized carbons (Fsp3) is 0.542. The largest absolute Gasteiger partial charge is 0.342 e. The minimum absolute atomic E-state index is 0.00948. The number of carbonyl (C=O) groups is 2. The van der Waals surface area contributed by atoms with Crippen molar-refractivity contribution in [1.29, 1.82) is 0 Å². The Kier molecular flexibility index (Phi) is 6.63. The predicted molar refractivity (Wildman–Crippen MR) is 128 cm³/mol. The van der Waals surface area contributed by atoms with Crippen LogP contribution in [0.1, 0.15) is 54.1 Å². The number of benzene rings is 1. The molecule has 1 aliphatic carbocycles. The number of hydrogen-bond acceptors (Lipinski definition) is 4. The quantitative estimate of drug-likeness (QED) is 0.640. The van der Waals surface area contributed by atoms with E-state index in [0.717, 1.165) is 50.2 Å². The summed E-state index contributed by atoms with van der Waals surface area (Å²) in [5, 5.41) is 5.62. The number of aromatic nitrogens is 2. The number of halogens is 2. The highest BCUT2D eigenvalue weighted by Crippen LogP contribution is 2.43. The van der Waals surface area contributed by atoms with Crippen molar-refractivity contribution in [2.75, 3.05) is 45.8 Å². The van der Waals surface area contributed by atoms with Crippen molar-refractivity contribution in [3.8, 4) is 5.69 Å². The molecule has 0 unspecified atom stereocenters. The third-order valence-corrected chi connectivity index (χ3v) is 7.40. The van der Waals surface area contributed by atoms with Crippen molar-refractivity contribution in [2.24, 2.45) is 0 Å². The Morgan fingerprint density at radius 1 is 0.939 bits per heavy atom. The molecule has 1 saturated carbocycles. The van der Waals surface area contributed by atoms with E-state index in [4.69, 9.17) is 23.2 Å². The second-order valence-electron chi connectivity index (χ2n) is 9.24. The zero-order valence-electron chi connectivity index (χ0n) is 18.7. The van der Waals surface area contributed by atoms with Crippen molar-refractivity contribution in [1.82, 2.24) is 24.5 Å². The number of carbonyl (C=O) groups excluding carboxylic acids is 2. The van der Waals surface area contributed by atoms with E-state index in [1.807, 2.05) is 15.9 Å². The molecule has 176 valence electrons. The first-order valence-corrected chi connectivity index (χ1v) is 12.6. The first-order chi connectivity index (χ1) is 16.0. The SMILES string of the molecule is O=C(CN1CCN(C(=O)c2cnn(-c3ccc(Cl)cc3Cl)c2C2CC2)CC1)N1CCCCC1. The van der Waals surface area contributed by atoms with Crippen LogP contribution in [0.2, 0.25) is 10.0 Å². The molecule has 0 radical (unpaired) electrons. The molecule has 3 aliphatic rings. The van der Waals surface area contributed by atoms with Crippen LogP contribution in [-0.4, -0.2) is 82.1 Å². The average Bonchev–Trinajstić information content (AvgIpc) is 3.58. The van der Waals surface area contributed by atoms with E-state index in [1.54, 1.807) is 23.0 Å². The molecule has 2 aromatic rings. The monoisotopic (exact) mass is 489 g/mol. The second kappa shape index (κ2) is 9.65. The topological polar surface area (TPSA) is 61.7 Å². The van der Waals surface area contributed by atoms with Gasteiger partial charge in [-0.3, -0.25) is 14.5 Å². The summed E-state index contributed by atoms with van der Waals surface area (Å²) >= 11 is 12.5.